The number of carbonyl (C=O) groups excluding carboxylic acids is 2. The Morgan fingerprint density at radius 2 is 1.96 bits per heavy atom. The van der Waals surface area contributed by atoms with E-state index in [1.807, 2.05) is 51.1 Å². The molecule has 6 heteroatoms. The minimum atomic E-state index is -0.729. The molecule has 2 fully saturated rings. The van der Waals surface area contributed by atoms with Gasteiger partial charge in [-0.15, -0.1) is 0 Å². The third-order valence-corrected chi connectivity index (χ3v) is 4.61. The van der Waals surface area contributed by atoms with Crippen LogP contribution < -0.4 is 5.32 Å². The Hall–Kier alpha value is -1.92. The molecule has 0 bridgehead atoms. The van der Waals surface area contributed by atoms with Crippen LogP contribution in [0.3, 0.4) is 0 Å². The summed E-state index contributed by atoms with van der Waals surface area (Å²) in [4.78, 5) is 26.9. The van der Waals surface area contributed by atoms with Crippen LogP contribution in [0.1, 0.15) is 39.2 Å². The van der Waals surface area contributed by atoms with E-state index in [1.165, 1.54) is 0 Å². The molecular weight excluding hydrogens is 320 g/mol. The Morgan fingerprint density at radius 3 is 2.64 bits per heavy atom. The van der Waals surface area contributed by atoms with Crippen molar-refractivity contribution in [1.29, 1.82) is 0 Å². The molecule has 136 valence electrons. The molecule has 1 aromatic carbocycles. The fraction of sp³-hybridized carbons (Fsp3) is 0.579. The lowest BCUT2D eigenvalue weighted by molar-refractivity contribution is -0.170. The fourth-order valence-electron chi connectivity index (χ4n) is 3.55. The SMILES string of the molecule is CCCC(=O)N1C[C@@H]2OC(C)(C)O[C@@H]2[C@H]1C(=O)NCc1ccccc1. The molecule has 25 heavy (non-hydrogen) atoms. The van der Waals surface area contributed by atoms with Crippen LogP contribution in [0.15, 0.2) is 30.3 Å². The minimum Gasteiger partial charge on any atom is -0.350 e. The molecular formula is C19H26N2O4. The van der Waals surface area contributed by atoms with E-state index in [0.29, 0.717) is 19.5 Å². The molecule has 0 spiro atoms. The van der Waals surface area contributed by atoms with Gasteiger partial charge in [0.15, 0.2) is 5.79 Å². The quantitative estimate of drug-likeness (QED) is 0.883. The third kappa shape index (κ3) is 3.85. The summed E-state index contributed by atoms with van der Waals surface area (Å²) in [5.74, 6) is -0.948. The third-order valence-electron chi connectivity index (χ3n) is 4.61. The van der Waals surface area contributed by atoms with Crippen molar-refractivity contribution in [3.8, 4) is 0 Å². The van der Waals surface area contributed by atoms with Crippen LogP contribution in [0.25, 0.3) is 0 Å². The standard InChI is InChI=1S/C19H26N2O4/c1-4-8-15(22)21-12-14-17(25-19(2,3)24-14)16(21)18(23)20-11-13-9-6-5-7-10-13/h5-7,9-10,14,16-17H,4,8,11-12H2,1-3H3,(H,20,23)/t14-,16-,17-/m0/s1. The number of rotatable bonds is 5. The summed E-state index contributed by atoms with van der Waals surface area (Å²) in [5, 5.41) is 2.94. The molecule has 0 aromatic heterocycles. The van der Waals surface area contributed by atoms with Crippen LogP contribution in [0.4, 0.5) is 0 Å². The van der Waals surface area contributed by atoms with E-state index in [2.05, 4.69) is 5.32 Å². The normalized spacial score (nSPS) is 27.2. The van der Waals surface area contributed by atoms with E-state index in [4.69, 9.17) is 9.47 Å². The number of carbonyl (C=O) groups is 2. The number of hydrogen-bond acceptors (Lipinski definition) is 4. The van der Waals surface area contributed by atoms with E-state index >= 15 is 0 Å². The van der Waals surface area contributed by atoms with Crippen molar-refractivity contribution in [1.82, 2.24) is 10.2 Å². The Morgan fingerprint density at radius 1 is 1.24 bits per heavy atom. The molecule has 3 rings (SSSR count). The predicted molar refractivity (Wildman–Crippen MR) is 92.5 cm³/mol. The van der Waals surface area contributed by atoms with Gasteiger partial charge in [0.2, 0.25) is 11.8 Å². The number of likely N-dealkylation sites (tertiary alicyclic amines) is 1. The van der Waals surface area contributed by atoms with E-state index in [9.17, 15) is 9.59 Å². The average Bonchev–Trinajstić information content (AvgIpc) is 3.05. The lowest BCUT2D eigenvalue weighted by Gasteiger charge is -2.29. The predicted octanol–water partition coefficient (Wildman–Crippen LogP) is 1.83. The highest BCUT2D eigenvalue weighted by molar-refractivity contribution is 5.89. The number of benzene rings is 1. The molecule has 1 aromatic rings. The summed E-state index contributed by atoms with van der Waals surface area (Å²) in [6, 6.07) is 9.06. The monoisotopic (exact) mass is 346 g/mol. The Kier molecular flexibility index (Phi) is 5.11. The van der Waals surface area contributed by atoms with Gasteiger partial charge < -0.3 is 19.7 Å². The van der Waals surface area contributed by atoms with Gasteiger partial charge >= 0.3 is 0 Å². The van der Waals surface area contributed by atoms with Gasteiger partial charge in [-0.25, -0.2) is 0 Å². The zero-order valence-electron chi connectivity index (χ0n) is 15.0. The smallest absolute Gasteiger partial charge is 0.245 e. The fourth-order valence-corrected chi connectivity index (χ4v) is 3.55. The summed E-state index contributed by atoms with van der Waals surface area (Å²) in [5.41, 5.74) is 1.01. The lowest BCUT2D eigenvalue weighted by atomic mass is 10.1. The maximum Gasteiger partial charge on any atom is 0.245 e. The van der Waals surface area contributed by atoms with Crippen molar-refractivity contribution in [3.63, 3.8) is 0 Å². The summed E-state index contributed by atoms with van der Waals surface area (Å²) in [7, 11) is 0. The lowest BCUT2D eigenvalue weighted by Crippen LogP contribution is -2.51. The van der Waals surface area contributed by atoms with Crippen molar-refractivity contribution < 1.29 is 19.1 Å². The molecule has 0 radical (unpaired) electrons. The molecule has 0 saturated carbocycles. The van der Waals surface area contributed by atoms with E-state index in [-0.39, 0.29) is 17.9 Å². The van der Waals surface area contributed by atoms with Crippen molar-refractivity contribution in [2.24, 2.45) is 0 Å². The first-order valence-electron chi connectivity index (χ1n) is 8.88. The van der Waals surface area contributed by atoms with Gasteiger partial charge in [-0.2, -0.15) is 0 Å². The number of fused-ring (bicyclic) bond motifs is 1. The second kappa shape index (κ2) is 7.14. The maximum atomic E-state index is 12.9. The van der Waals surface area contributed by atoms with Gasteiger partial charge in [0.05, 0.1) is 6.54 Å². The van der Waals surface area contributed by atoms with Crippen molar-refractivity contribution in [2.45, 2.75) is 64.2 Å². The molecule has 2 saturated heterocycles. The molecule has 2 aliphatic heterocycles. The Balaban J connectivity index is 1.73. The summed E-state index contributed by atoms with van der Waals surface area (Å²) >= 11 is 0. The molecule has 1 N–H and O–H groups in total. The largest absolute Gasteiger partial charge is 0.350 e. The van der Waals surface area contributed by atoms with E-state index in [1.54, 1.807) is 4.90 Å². The maximum absolute atomic E-state index is 12.9. The van der Waals surface area contributed by atoms with E-state index in [0.717, 1.165) is 12.0 Å². The second-order valence-corrected chi connectivity index (χ2v) is 7.08. The van der Waals surface area contributed by atoms with Crippen molar-refractivity contribution >= 4 is 11.8 Å². The zero-order valence-corrected chi connectivity index (χ0v) is 15.0. The summed E-state index contributed by atoms with van der Waals surface area (Å²) < 4.78 is 11.8. The van der Waals surface area contributed by atoms with Gasteiger partial charge in [-0.05, 0) is 25.8 Å². The molecule has 6 nitrogen and oxygen atoms in total. The Labute approximate surface area is 148 Å². The molecule has 2 amide bonds. The van der Waals surface area contributed by atoms with Crippen molar-refractivity contribution in [2.75, 3.05) is 6.54 Å². The van der Waals surface area contributed by atoms with Crippen LogP contribution >= 0.6 is 0 Å². The van der Waals surface area contributed by atoms with Crippen molar-refractivity contribution in [3.05, 3.63) is 35.9 Å². The number of ether oxygens (including phenoxy) is 2. The van der Waals surface area contributed by atoms with Gasteiger partial charge in [0, 0.05) is 13.0 Å². The Bertz CT molecular complexity index is 632. The van der Waals surface area contributed by atoms with Gasteiger partial charge in [-0.3, -0.25) is 9.59 Å². The first-order chi connectivity index (χ1) is 11.9. The highest BCUT2D eigenvalue weighted by Gasteiger charge is 2.56. The molecule has 3 atom stereocenters. The molecule has 2 heterocycles. The van der Waals surface area contributed by atoms with Crippen LogP contribution in [-0.2, 0) is 25.6 Å². The minimum absolute atomic E-state index is 0.0261. The second-order valence-electron chi connectivity index (χ2n) is 7.08. The number of amides is 2. The van der Waals surface area contributed by atoms with Gasteiger partial charge in [-0.1, -0.05) is 37.3 Å². The first-order valence-corrected chi connectivity index (χ1v) is 8.88. The topological polar surface area (TPSA) is 67.9 Å². The number of nitrogens with one attached hydrogen (secondary N) is 1. The molecule has 0 aliphatic carbocycles. The zero-order chi connectivity index (χ0) is 18.0. The van der Waals surface area contributed by atoms with Crippen LogP contribution in [0, 0.1) is 0 Å². The van der Waals surface area contributed by atoms with E-state index < -0.39 is 17.9 Å². The van der Waals surface area contributed by atoms with Crippen LogP contribution in [0.2, 0.25) is 0 Å². The van der Waals surface area contributed by atoms with Crippen LogP contribution in [-0.4, -0.2) is 47.3 Å². The highest BCUT2D eigenvalue weighted by Crippen LogP contribution is 2.37. The molecule has 2 aliphatic rings. The number of hydrogen-bond donors (Lipinski definition) is 1. The molecule has 0 unspecified atom stereocenters. The van der Waals surface area contributed by atoms with Crippen LogP contribution in [0.5, 0.6) is 0 Å². The number of nitrogens with zero attached hydrogens (tertiary/aromatic N) is 1. The summed E-state index contributed by atoms with van der Waals surface area (Å²) in [6.07, 6.45) is 0.483. The average molecular weight is 346 g/mol. The first kappa shape index (κ1) is 17.9. The highest BCUT2D eigenvalue weighted by atomic mass is 16.8. The summed E-state index contributed by atoms with van der Waals surface area (Å²) in [6.45, 7) is 6.45. The van der Waals surface area contributed by atoms with Gasteiger partial charge in [0.25, 0.3) is 0 Å². The van der Waals surface area contributed by atoms with Gasteiger partial charge in [0.1, 0.15) is 18.2 Å².